The Labute approximate surface area is 337 Å². The van der Waals surface area contributed by atoms with E-state index in [1.807, 2.05) is 55.2 Å². The molecule has 2 aliphatic carbocycles. The number of alkyl halides is 1. The van der Waals surface area contributed by atoms with E-state index >= 15 is 0 Å². The van der Waals surface area contributed by atoms with E-state index in [0.29, 0.717) is 57.7 Å². The van der Waals surface area contributed by atoms with E-state index in [1.165, 1.54) is 5.57 Å². The first-order valence-corrected chi connectivity index (χ1v) is 23.1. The maximum absolute atomic E-state index is 14.2. The number of carbonyl (C=O) groups excluding carboxylic acids is 4. The van der Waals surface area contributed by atoms with Crippen molar-refractivity contribution in [2.45, 2.75) is 109 Å². The van der Waals surface area contributed by atoms with Gasteiger partial charge in [0.25, 0.3) is 0 Å². The van der Waals surface area contributed by atoms with Gasteiger partial charge in [0.1, 0.15) is 0 Å². The van der Waals surface area contributed by atoms with Gasteiger partial charge in [-0.2, -0.15) is 0 Å². The van der Waals surface area contributed by atoms with Gasteiger partial charge in [0.05, 0.1) is 6.54 Å². The minimum atomic E-state index is -0.946. The first kappa shape index (κ1) is 44.4. The van der Waals surface area contributed by atoms with E-state index in [0.717, 1.165) is 24.8 Å². The van der Waals surface area contributed by atoms with Crippen LogP contribution in [0.5, 0.6) is 0 Å². The second kappa shape index (κ2) is 22.4. The van der Waals surface area contributed by atoms with Crippen LogP contribution in [0.4, 0.5) is 0 Å². The molecule has 3 aliphatic rings. The number of nitrogens with zero attached hydrogens (tertiary/aromatic N) is 1. The zero-order chi connectivity index (χ0) is 39.9. The van der Waals surface area contributed by atoms with Crippen molar-refractivity contribution in [2.75, 3.05) is 31.1 Å². The number of carboxylic acid groups (broad SMARTS) is 1. The van der Waals surface area contributed by atoms with E-state index in [2.05, 4.69) is 48.8 Å². The van der Waals surface area contributed by atoms with E-state index in [9.17, 15) is 29.1 Å². The summed E-state index contributed by atoms with van der Waals surface area (Å²) in [6, 6.07) is 6.17. The average molecular weight is 877 g/mol. The number of hydrogen-bond acceptors (Lipinski definition) is 8. The van der Waals surface area contributed by atoms with Crippen molar-refractivity contribution in [3.63, 3.8) is 0 Å². The molecule has 4 amide bonds. The second-order valence-corrected chi connectivity index (χ2v) is 17.6. The van der Waals surface area contributed by atoms with Gasteiger partial charge in [0.2, 0.25) is 0 Å². The number of carbonyl (C=O) groups is 5. The normalized spacial score (nSPS) is 23.0. The molecule has 13 nitrogen and oxygen atoms in total. The molecule has 306 valence electrons. The third kappa shape index (κ3) is 14.0. The maximum atomic E-state index is 14.2. The van der Waals surface area contributed by atoms with Crippen molar-refractivity contribution in [3.8, 4) is 0 Å². The van der Waals surface area contributed by atoms with E-state index in [1.54, 1.807) is 0 Å². The molecule has 2 fully saturated rings. The number of halogens is 1. The Morgan fingerprint density at radius 3 is 2.13 bits per heavy atom. The number of nitrogens with one attached hydrogen (secondary N) is 5. The molecule has 0 aromatic heterocycles. The molecule has 1 saturated carbocycles. The number of nitrogens with two attached hydrogens (primary N) is 1. The number of rotatable bonds is 22. The number of aliphatic carboxylic acids is 1. The summed E-state index contributed by atoms with van der Waals surface area (Å²) in [5.74, 6) is -1.69. The molecule has 55 heavy (non-hydrogen) atoms. The van der Waals surface area contributed by atoms with Crippen LogP contribution in [0, 0.1) is 23.7 Å². The first-order valence-electron chi connectivity index (χ1n) is 19.9. The Balaban J connectivity index is 1.49. The fourth-order valence-corrected chi connectivity index (χ4v) is 9.34. The summed E-state index contributed by atoms with van der Waals surface area (Å²) in [6.45, 7) is 7.73. The number of piperidine rings is 1. The topological polar surface area (TPSA) is 195 Å². The molecule has 0 spiro atoms. The summed E-state index contributed by atoms with van der Waals surface area (Å²) < 4.78 is 3.41. The molecular formula is C41H63IN7O6-. The molecule has 8 N–H and O–H groups in total. The molecule has 4 rings (SSSR count). The summed E-state index contributed by atoms with van der Waals surface area (Å²) in [7, 11) is 0. The molecule has 1 heterocycles. The molecule has 7 unspecified atom stereocenters. The molecule has 1 aromatic rings. The van der Waals surface area contributed by atoms with Crippen LogP contribution in [0.25, 0.3) is 0 Å². The summed E-state index contributed by atoms with van der Waals surface area (Å²) >= 11 is -0.441. The van der Waals surface area contributed by atoms with Gasteiger partial charge >= 0.3 is 238 Å². The van der Waals surface area contributed by atoms with Crippen LogP contribution in [0.3, 0.4) is 0 Å². The number of benzene rings is 1. The standard InChI is InChI=1S/C41H63IN7O6/c1-26(2)20-33(39(53)44-32(16-10-11-19-43)38(52)47-37-30-17-18-31(37)24-49(23-30)25-36(50)51)45-40(54)34(21-28-13-6-5-7-14-28)46-41(55)35(48-42-4)22-29-15-9-8-12-27(29)3/h5-9,13-15,26-27,30-35,37,48H,10-12,16-25,43H2,1-4H3,(H,44,53)(H,45,54)(H,46,55)(H,47,52)(H,50,51)/q-1. The van der Waals surface area contributed by atoms with Crippen LogP contribution in [0.1, 0.15) is 77.7 Å². The Morgan fingerprint density at radius 1 is 0.873 bits per heavy atom. The van der Waals surface area contributed by atoms with Crippen molar-refractivity contribution < 1.29 is 50.6 Å². The van der Waals surface area contributed by atoms with Gasteiger partial charge in [-0.15, -0.1) is 0 Å². The summed E-state index contributed by atoms with van der Waals surface area (Å²) in [4.78, 5) is 71.4. The van der Waals surface area contributed by atoms with Crippen LogP contribution in [0.2, 0.25) is 0 Å². The smallest absolute Gasteiger partial charge is 0.480 e. The second-order valence-electron chi connectivity index (χ2n) is 15.9. The summed E-state index contributed by atoms with van der Waals surface area (Å²) in [5, 5.41) is 21.5. The van der Waals surface area contributed by atoms with E-state index < -0.39 is 63.4 Å². The van der Waals surface area contributed by atoms with Gasteiger partial charge in [-0.25, -0.2) is 0 Å². The molecule has 2 bridgehead atoms. The Kier molecular flexibility index (Phi) is 18.1. The van der Waals surface area contributed by atoms with Gasteiger partial charge in [-0.3, -0.25) is 14.5 Å². The van der Waals surface area contributed by atoms with Gasteiger partial charge in [0.15, 0.2) is 0 Å². The van der Waals surface area contributed by atoms with E-state index in [-0.39, 0.29) is 48.6 Å². The molecule has 1 aromatic carbocycles. The monoisotopic (exact) mass is 876 g/mol. The van der Waals surface area contributed by atoms with Gasteiger partial charge in [-0.05, 0) is 44.1 Å². The number of hydrogen-bond donors (Lipinski definition) is 7. The van der Waals surface area contributed by atoms with Crippen LogP contribution < -0.4 is 52.0 Å². The molecule has 0 radical (unpaired) electrons. The number of likely N-dealkylation sites (tertiary alicyclic amines) is 1. The summed E-state index contributed by atoms with van der Waals surface area (Å²) in [6.07, 6.45) is 11.8. The van der Waals surface area contributed by atoms with Crippen LogP contribution in [-0.4, -0.2) is 101 Å². The SMILES string of the molecule is C[I-]NC(CC1=CC=CCC1C)C(=O)NC(Cc1ccccc1)C(=O)NC(CC(C)C)C(=O)NC(CCCCN)C(=O)NC1C2CCC1CN(CC(=O)O)C2. The molecular weight excluding hydrogens is 813 g/mol. The third-order valence-electron chi connectivity index (χ3n) is 11.0. The number of carboxylic acids is 1. The van der Waals surface area contributed by atoms with Gasteiger partial charge in [-0.1, -0.05) is 0 Å². The van der Waals surface area contributed by atoms with Crippen molar-refractivity contribution in [1.29, 1.82) is 0 Å². The van der Waals surface area contributed by atoms with Gasteiger partial charge in [0, 0.05) is 19.1 Å². The summed E-state index contributed by atoms with van der Waals surface area (Å²) in [5.41, 5.74) is 7.83. The van der Waals surface area contributed by atoms with Crippen molar-refractivity contribution in [1.82, 2.24) is 29.7 Å². The van der Waals surface area contributed by atoms with Crippen LogP contribution in [0.15, 0.2) is 54.1 Å². The van der Waals surface area contributed by atoms with Crippen molar-refractivity contribution in [2.24, 2.45) is 29.4 Å². The Morgan fingerprint density at radius 2 is 1.51 bits per heavy atom. The number of amides is 4. The number of unbranched alkanes of at least 4 members (excludes halogenated alkanes) is 1. The third-order valence-corrected chi connectivity index (χ3v) is 12.4. The van der Waals surface area contributed by atoms with E-state index in [4.69, 9.17) is 5.73 Å². The molecule has 1 saturated heterocycles. The average Bonchev–Trinajstić information content (AvgIpc) is 3.36. The molecule has 7 atom stereocenters. The zero-order valence-electron chi connectivity index (χ0n) is 32.9. The first-order chi connectivity index (χ1) is 26.4. The van der Waals surface area contributed by atoms with Crippen molar-refractivity contribution in [3.05, 3.63) is 59.7 Å². The minimum absolute atomic E-state index is 0.0168. The predicted molar refractivity (Wildman–Crippen MR) is 209 cm³/mol. The minimum Gasteiger partial charge on any atom is -0.480 e. The number of fused-ring (bicyclic) bond motifs is 2. The Hall–Kier alpha value is -3.34. The molecule has 14 heteroatoms. The van der Waals surface area contributed by atoms with Crippen LogP contribution >= 0.6 is 0 Å². The fourth-order valence-electron chi connectivity index (χ4n) is 8.09. The number of allylic oxidation sites excluding steroid dienone is 3. The van der Waals surface area contributed by atoms with Gasteiger partial charge < -0.3 is 16.2 Å². The zero-order valence-corrected chi connectivity index (χ0v) is 35.1. The quantitative estimate of drug-likeness (QED) is 0.0341. The predicted octanol–water partition coefficient (Wildman–Crippen LogP) is -0.726. The van der Waals surface area contributed by atoms with Crippen LogP contribution in [-0.2, 0) is 30.4 Å². The fraction of sp³-hybridized carbons (Fsp3) is 0.634. The van der Waals surface area contributed by atoms with Crippen molar-refractivity contribution >= 4 is 29.6 Å². The molecule has 1 aliphatic heterocycles. The Bertz CT molecular complexity index is 1490.